The van der Waals surface area contributed by atoms with Gasteiger partial charge in [-0.2, -0.15) is 0 Å². The van der Waals surface area contributed by atoms with Crippen molar-refractivity contribution >= 4 is 6.29 Å². The highest BCUT2D eigenvalue weighted by molar-refractivity contribution is 5.57. The molecule has 0 unspecified atom stereocenters. The van der Waals surface area contributed by atoms with Gasteiger partial charge in [0, 0.05) is 14.2 Å². The summed E-state index contributed by atoms with van der Waals surface area (Å²) in [5, 5.41) is 73.1. The third-order valence-electron chi connectivity index (χ3n) is 4.21. The van der Waals surface area contributed by atoms with Crippen LogP contribution in [0.15, 0.2) is 0 Å². The summed E-state index contributed by atoms with van der Waals surface area (Å²) in [5.74, 6) is -4.67. The molecular formula is C14H26O13. The van der Waals surface area contributed by atoms with E-state index in [2.05, 4.69) is 4.74 Å². The minimum Gasteiger partial charge on any atom is -0.391 e. The number of aliphatic hydroxyl groups is 8. The van der Waals surface area contributed by atoms with E-state index in [1.165, 1.54) is 7.11 Å². The van der Waals surface area contributed by atoms with Crippen LogP contribution in [0.4, 0.5) is 0 Å². The van der Waals surface area contributed by atoms with E-state index in [1.54, 1.807) is 0 Å². The Labute approximate surface area is 153 Å². The maximum absolute atomic E-state index is 10.3. The van der Waals surface area contributed by atoms with Gasteiger partial charge < -0.3 is 64.6 Å². The lowest BCUT2D eigenvalue weighted by atomic mass is 9.98. The number of fused-ring (bicyclic) bond motifs is 2. The third-order valence-corrected chi connectivity index (χ3v) is 4.21. The average Bonchev–Trinajstić information content (AvgIpc) is 3.01. The molecule has 13 heteroatoms. The molecule has 2 saturated heterocycles. The van der Waals surface area contributed by atoms with Gasteiger partial charge in [-0.05, 0) is 0 Å². The van der Waals surface area contributed by atoms with Crippen molar-refractivity contribution in [3.63, 3.8) is 0 Å². The van der Waals surface area contributed by atoms with Crippen LogP contribution in [0.1, 0.15) is 0 Å². The van der Waals surface area contributed by atoms with E-state index in [0.29, 0.717) is 0 Å². The first kappa shape index (κ1) is 24.2. The van der Waals surface area contributed by atoms with E-state index >= 15 is 0 Å². The fourth-order valence-electron chi connectivity index (χ4n) is 2.47. The van der Waals surface area contributed by atoms with Gasteiger partial charge in [-0.3, -0.25) is 0 Å². The molecule has 0 aliphatic carbocycles. The van der Waals surface area contributed by atoms with Crippen LogP contribution in [0.3, 0.4) is 0 Å². The topological polar surface area (TPSA) is 216 Å². The van der Waals surface area contributed by atoms with Crippen molar-refractivity contribution in [1.82, 2.24) is 0 Å². The Kier molecular flexibility index (Phi) is 8.61. The zero-order chi connectivity index (χ0) is 21.0. The first-order valence-corrected chi connectivity index (χ1v) is 7.79. The second-order valence-electron chi connectivity index (χ2n) is 6.09. The van der Waals surface area contributed by atoms with Crippen molar-refractivity contribution in [2.45, 2.75) is 54.5 Å². The Bertz CT molecular complexity index is 472. The Morgan fingerprint density at radius 1 is 1.30 bits per heavy atom. The summed E-state index contributed by atoms with van der Waals surface area (Å²) in [6.45, 7) is -1.34. The summed E-state index contributed by atoms with van der Waals surface area (Å²) in [7, 11) is 2.47. The summed E-state index contributed by atoms with van der Waals surface area (Å²) in [6, 6.07) is 0. The van der Waals surface area contributed by atoms with Crippen LogP contribution in [0.5, 0.6) is 0 Å². The minimum atomic E-state index is -2.88. The van der Waals surface area contributed by atoms with Gasteiger partial charge in [-0.1, -0.05) is 0 Å². The standard InChI is InChI=1S/C7H14O7.C7H12O6/c1-14-4(2-8)5(10)6(11)7(12,13)3-9;1-11-4-3(8)5(9)7(10)2-12-6(4)13-7/h2,4-6,9-13H,3H2,1H3;3-6,8-10H,2H2,1H3/t4-,5-,6+;3-,4-,5-,6+,7+/m11/s1. The van der Waals surface area contributed by atoms with Crippen molar-refractivity contribution in [3.8, 4) is 0 Å². The van der Waals surface area contributed by atoms with Crippen LogP contribution in [-0.4, -0.2) is 129 Å². The second kappa shape index (κ2) is 9.60. The SMILES string of the molecule is CO[C@H](C=O)[C@@H](O)[C@H](O)C(O)(O)CO.CO[C@H]1[C@H]2OC[C@](O)(O2)[C@H](O)[C@@H]1O. The molecule has 2 rings (SSSR count). The van der Waals surface area contributed by atoms with Crippen molar-refractivity contribution in [1.29, 1.82) is 0 Å². The predicted molar refractivity (Wildman–Crippen MR) is 81.7 cm³/mol. The first-order valence-electron chi connectivity index (χ1n) is 7.79. The van der Waals surface area contributed by atoms with E-state index in [0.717, 1.165) is 7.11 Å². The van der Waals surface area contributed by atoms with E-state index < -0.39 is 61.1 Å². The van der Waals surface area contributed by atoms with Gasteiger partial charge in [0.2, 0.25) is 11.6 Å². The van der Waals surface area contributed by atoms with Crippen LogP contribution >= 0.6 is 0 Å². The van der Waals surface area contributed by atoms with Crippen LogP contribution in [0.2, 0.25) is 0 Å². The molecule has 27 heavy (non-hydrogen) atoms. The lowest BCUT2D eigenvalue weighted by Crippen LogP contribution is -2.61. The highest BCUT2D eigenvalue weighted by atomic mass is 16.8. The molecule has 0 aromatic rings. The van der Waals surface area contributed by atoms with E-state index in [1.807, 2.05) is 0 Å². The van der Waals surface area contributed by atoms with Crippen molar-refractivity contribution in [3.05, 3.63) is 0 Å². The lowest BCUT2D eigenvalue weighted by molar-refractivity contribution is -0.324. The molecule has 2 aliphatic rings. The fourth-order valence-corrected chi connectivity index (χ4v) is 2.47. The molecule has 2 heterocycles. The van der Waals surface area contributed by atoms with Crippen LogP contribution < -0.4 is 0 Å². The Balaban J connectivity index is 0.000000270. The zero-order valence-electron chi connectivity index (χ0n) is 14.7. The quantitative estimate of drug-likeness (QED) is 0.147. The molecule has 0 aromatic carbocycles. The van der Waals surface area contributed by atoms with Gasteiger partial charge in [0.05, 0.1) is 6.61 Å². The maximum atomic E-state index is 10.3. The van der Waals surface area contributed by atoms with Gasteiger partial charge >= 0.3 is 0 Å². The highest BCUT2D eigenvalue weighted by Gasteiger charge is 2.58. The summed E-state index contributed by atoms with van der Waals surface area (Å²) >= 11 is 0. The molecule has 0 amide bonds. The van der Waals surface area contributed by atoms with Crippen molar-refractivity contribution in [2.75, 3.05) is 27.4 Å². The van der Waals surface area contributed by atoms with Crippen LogP contribution in [-0.2, 0) is 23.7 Å². The Morgan fingerprint density at radius 2 is 1.89 bits per heavy atom. The number of carbonyl (C=O) groups is 1. The summed E-state index contributed by atoms with van der Waals surface area (Å²) in [4.78, 5) is 10.3. The molecule has 0 radical (unpaired) electrons. The number of methoxy groups -OCH3 is 2. The normalized spacial score (nSPS) is 36.4. The number of hydrogen-bond donors (Lipinski definition) is 8. The second-order valence-corrected chi connectivity index (χ2v) is 6.09. The van der Waals surface area contributed by atoms with Gasteiger partial charge in [0.1, 0.15) is 43.2 Å². The number of rotatable bonds is 7. The van der Waals surface area contributed by atoms with Gasteiger partial charge in [0.25, 0.3) is 0 Å². The van der Waals surface area contributed by atoms with Crippen LogP contribution in [0.25, 0.3) is 0 Å². The minimum absolute atomic E-state index is 0.157. The van der Waals surface area contributed by atoms with Gasteiger partial charge in [0.15, 0.2) is 12.6 Å². The van der Waals surface area contributed by atoms with E-state index in [9.17, 15) is 25.2 Å². The number of ether oxygens (including phenoxy) is 4. The number of aldehydes is 1. The highest BCUT2D eigenvalue weighted by Crippen LogP contribution is 2.35. The van der Waals surface area contributed by atoms with Crippen LogP contribution in [0, 0.1) is 0 Å². The lowest BCUT2D eigenvalue weighted by Gasteiger charge is -2.38. The van der Waals surface area contributed by atoms with E-state index in [-0.39, 0.29) is 12.9 Å². The largest absolute Gasteiger partial charge is 0.391 e. The zero-order valence-corrected chi connectivity index (χ0v) is 14.7. The molecule has 160 valence electrons. The van der Waals surface area contributed by atoms with Crippen molar-refractivity contribution in [2.24, 2.45) is 0 Å². The molecule has 8 atom stereocenters. The van der Waals surface area contributed by atoms with Gasteiger partial charge in [-0.25, -0.2) is 0 Å². The molecule has 2 aliphatic heterocycles. The molecule has 8 N–H and O–H groups in total. The average molecular weight is 402 g/mol. The predicted octanol–water partition coefficient (Wildman–Crippen LogP) is -5.61. The first-order chi connectivity index (χ1) is 12.5. The smallest absolute Gasteiger partial charge is 0.221 e. The molecule has 0 spiro atoms. The number of carbonyl (C=O) groups excluding carboxylic acids is 1. The molecule has 2 bridgehead atoms. The molecule has 2 fully saturated rings. The summed E-state index contributed by atoms with van der Waals surface area (Å²) in [6.07, 6.45) is -9.32. The Morgan fingerprint density at radius 3 is 2.33 bits per heavy atom. The summed E-state index contributed by atoms with van der Waals surface area (Å²) < 4.78 is 19.3. The molecule has 13 nitrogen and oxygen atoms in total. The number of hydrogen-bond acceptors (Lipinski definition) is 13. The fraction of sp³-hybridized carbons (Fsp3) is 0.929. The monoisotopic (exact) mass is 402 g/mol. The molecule has 0 saturated carbocycles. The van der Waals surface area contributed by atoms with Crippen molar-refractivity contribution < 1.29 is 64.6 Å². The summed E-state index contributed by atoms with van der Waals surface area (Å²) in [5.41, 5.74) is 0. The van der Waals surface area contributed by atoms with E-state index in [4.69, 9.17) is 34.6 Å². The third kappa shape index (κ3) is 5.17. The molecular weight excluding hydrogens is 376 g/mol. The Hall–Kier alpha value is -0.810. The number of aliphatic hydroxyl groups excluding tert-OH is 5. The van der Waals surface area contributed by atoms with Gasteiger partial charge in [-0.15, -0.1) is 0 Å². The molecule has 0 aromatic heterocycles. The maximum Gasteiger partial charge on any atom is 0.221 e.